The Balaban J connectivity index is 1.52. The monoisotopic (exact) mass is 386 g/mol. The van der Waals surface area contributed by atoms with Crippen LogP contribution in [0.4, 0.5) is 11.4 Å². The summed E-state index contributed by atoms with van der Waals surface area (Å²) in [6, 6.07) is 15.3. The molecular formula is C21H26N2O3S. The summed E-state index contributed by atoms with van der Waals surface area (Å²) in [7, 11) is -3.21. The summed E-state index contributed by atoms with van der Waals surface area (Å²) in [5.74, 6) is 0.175. The zero-order valence-corrected chi connectivity index (χ0v) is 16.5. The molecular weight excluding hydrogens is 360 g/mol. The van der Waals surface area contributed by atoms with Gasteiger partial charge in [0.25, 0.3) is 0 Å². The SMILES string of the molecule is Cc1ccccc1CCCC(=O)Nc1ccc(N2CCCCS2(=O)=O)cc1. The predicted molar refractivity (Wildman–Crippen MR) is 110 cm³/mol. The molecule has 0 aromatic heterocycles. The Morgan fingerprint density at radius 1 is 1.07 bits per heavy atom. The third-order valence-electron chi connectivity index (χ3n) is 4.90. The Kier molecular flexibility index (Phi) is 6.16. The molecule has 0 saturated carbocycles. The van der Waals surface area contributed by atoms with Crippen LogP contribution in [0.25, 0.3) is 0 Å². The number of rotatable bonds is 6. The first-order valence-corrected chi connectivity index (χ1v) is 11.0. The Morgan fingerprint density at radius 2 is 1.81 bits per heavy atom. The lowest BCUT2D eigenvalue weighted by atomic mass is 10.0. The van der Waals surface area contributed by atoms with Crippen molar-refractivity contribution in [1.82, 2.24) is 0 Å². The fraction of sp³-hybridized carbons (Fsp3) is 0.381. The van der Waals surface area contributed by atoms with Gasteiger partial charge in [0.05, 0.1) is 11.4 Å². The predicted octanol–water partition coefficient (Wildman–Crippen LogP) is 3.89. The lowest BCUT2D eigenvalue weighted by Crippen LogP contribution is -2.37. The quantitative estimate of drug-likeness (QED) is 0.819. The summed E-state index contributed by atoms with van der Waals surface area (Å²) in [6.45, 7) is 2.60. The fourth-order valence-electron chi connectivity index (χ4n) is 3.34. The highest BCUT2D eigenvalue weighted by Crippen LogP contribution is 2.25. The van der Waals surface area contributed by atoms with E-state index in [2.05, 4.69) is 24.4 Å². The van der Waals surface area contributed by atoms with Gasteiger partial charge in [-0.15, -0.1) is 0 Å². The molecule has 0 unspecified atom stereocenters. The van der Waals surface area contributed by atoms with Gasteiger partial charge < -0.3 is 5.32 Å². The molecule has 144 valence electrons. The number of carbonyl (C=O) groups excluding carboxylic acids is 1. The lowest BCUT2D eigenvalue weighted by Gasteiger charge is -2.28. The van der Waals surface area contributed by atoms with Crippen LogP contribution in [0.1, 0.15) is 36.8 Å². The molecule has 2 aromatic carbocycles. The number of anilines is 2. The number of hydrogen-bond donors (Lipinski definition) is 1. The van der Waals surface area contributed by atoms with E-state index in [0.717, 1.165) is 25.7 Å². The van der Waals surface area contributed by atoms with Gasteiger partial charge in [0.15, 0.2) is 0 Å². The van der Waals surface area contributed by atoms with Gasteiger partial charge in [0, 0.05) is 18.7 Å². The maximum atomic E-state index is 12.2. The Bertz CT molecular complexity index is 892. The van der Waals surface area contributed by atoms with Crippen molar-refractivity contribution >= 4 is 27.3 Å². The van der Waals surface area contributed by atoms with Crippen molar-refractivity contribution < 1.29 is 13.2 Å². The van der Waals surface area contributed by atoms with Crippen molar-refractivity contribution in [3.05, 3.63) is 59.7 Å². The minimum atomic E-state index is -3.21. The summed E-state index contributed by atoms with van der Waals surface area (Å²) >= 11 is 0. The van der Waals surface area contributed by atoms with Crippen molar-refractivity contribution in [2.45, 2.75) is 39.0 Å². The normalized spacial score (nSPS) is 16.1. The molecule has 1 amide bonds. The molecule has 0 spiro atoms. The molecule has 1 aliphatic heterocycles. The minimum Gasteiger partial charge on any atom is -0.326 e. The van der Waals surface area contributed by atoms with Crippen LogP contribution in [-0.2, 0) is 21.2 Å². The molecule has 0 radical (unpaired) electrons. The molecule has 27 heavy (non-hydrogen) atoms. The molecule has 2 aromatic rings. The number of amides is 1. The number of benzene rings is 2. The van der Waals surface area contributed by atoms with E-state index in [1.165, 1.54) is 15.4 Å². The summed E-state index contributed by atoms with van der Waals surface area (Å²) in [6.07, 6.45) is 3.72. The largest absolute Gasteiger partial charge is 0.326 e. The Hall–Kier alpha value is -2.34. The zero-order chi connectivity index (χ0) is 19.3. The van der Waals surface area contributed by atoms with Crippen molar-refractivity contribution in [3.8, 4) is 0 Å². The molecule has 1 N–H and O–H groups in total. The second kappa shape index (κ2) is 8.57. The third-order valence-corrected chi connectivity index (χ3v) is 6.77. The van der Waals surface area contributed by atoms with E-state index in [-0.39, 0.29) is 11.7 Å². The summed E-state index contributed by atoms with van der Waals surface area (Å²) in [5.41, 5.74) is 3.87. The van der Waals surface area contributed by atoms with Crippen LogP contribution in [0, 0.1) is 6.92 Å². The molecule has 5 nitrogen and oxygen atoms in total. The molecule has 1 heterocycles. The average Bonchev–Trinajstić information content (AvgIpc) is 2.64. The molecule has 1 saturated heterocycles. The standard InChI is InChI=1S/C21H26N2O3S/c1-17-7-2-3-8-18(17)9-6-10-21(24)22-19-11-13-20(14-12-19)23-15-4-5-16-27(23,25)26/h2-3,7-8,11-14H,4-6,9-10,15-16H2,1H3,(H,22,24). The third kappa shape index (κ3) is 5.10. The van der Waals surface area contributed by atoms with E-state index < -0.39 is 10.0 Å². The van der Waals surface area contributed by atoms with Crippen LogP contribution in [0.15, 0.2) is 48.5 Å². The van der Waals surface area contributed by atoms with Crippen LogP contribution in [0.5, 0.6) is 0 Å². The fourth-order valence-corrected chi connectivity index (χ4v) is 4.98. The molecule has 0 bridgehead atoms. The van der Waals surface area contributed by atoms with Crippen molar-refractivity contribution in [3.63, 3.8) is 0 Å². The highest BCUT2D eigenvalue weighted by molar-refractivity contribution is 7.92. The van der Waals surface area contributed by atoms with E-state index in [4.69, 9.17) is 0 Å². The van der Waals surface area contributed by atoms with E-state index in [1.807, 2.05) is 12.1 Å². The van der Waals surface area contributed by atoms with Gasteiger partial charge in [-0.3, -0.25) is 9.10 Å². The number of carbonyl (C=O) groups is 1. The Labute approximate surface area is 161 Å². The van der Waals surface area contributed by atoms with E-state index >= 15 is 0 Å². The highest BCUT2D eigenvalue weighted by atomic mass is 32.2. The highest BCUT2D eigenvalue weighted by Gasteiger charge is 2.25. The topological polar surface area (TPSA) is 66.5 Å². The Morgan fingerprint density at radius 3 is 2.52 bits per heavy atom. The first-order valence-electron chi connectivity index (χ1n) is 9.40. The number of nitrogens with one attached hydrogen (secondary N) is 1. The van der Waals surface area contributed by atoms with Gasteiger partial charge >= 0.3 is 0 Å². The van der Waals surface area contributed by atoms with E-state index in [9.17, 15) is 13.2 Å². The van der Waals surface area contributed by atoms with Gasteiger partial charge in [-0.1, -0.05) is 24.3 Å². The van der Waals surface area contributed by atoms with Gasteiger partial charge in [0.1, 0.15) is 0 Å². The van der Waals surface area contributed by atoms with Crippen LogP contribution >= 0.6 is 0 Å². The molecule has 0 atom stereocenters. The molecule has 6 heteroatoms. The van der Waals surface area contributed by atoms with Crippen LogP contribution in [-0.4, -0.2) is 26.6 Å². The number of nitrogens with zero attached hydrogens (tertiary/aromatic N) is 1. The minimum absolute atomic E-state index is 0.0260. The summed E-state index contributed by atoms with van der Waals surface area (Å²) in [5, 5.41) is 2.89. The number of aryl methyl sites for hydroxylation is 2. The van der Waals surface area contributed by atoms with E-state index in [0.29, 0.717) is 24.3 Å². The number of hydrogen-bond acceptors (Lipinski definition) is 3. The van der Waals surface area contributed by atoms with Gasteiger partial charge in [-0.2, -0.15) is 0 Å². The van der Waals surface area contributed by atoms with Crippen molar-refractivity contribution in [2.75, 3.05) is 21.9 Å². The van der Waals surface area contributed by atoms with Gasteiger partial charge in [0.2, 0.25) is 15.9 Å². The van der Waals surface area contributed by atoms with Gasteiger partial charge in [-0.25, -0.2) is 8.42 Å². The van der Waals surface area contributed by atoms with Crippen LogP contribution in [0.3, 0.4) is 0 Å². The van der Waals surface area contributed by atoms with Crippen molar-refractivity contribution in [2.24, 2.45) is 0 Å². The van der Waals surface area contributed by atoms with Crippen LogP contribution < -0.4 is 9.62 Å². The average molecular weight is 387 g/mol. The second-order valence-electron chi connectivity index (χ2n) is 6.97. The first-order chi connectivity index (χ1) is 13.0. The second-order valence-corrected chi connectivity index (χ2v) is 8.98. The summed E-state index contributed by atoms with van der Waals surface area (Å²) in [4.78, 5) is 12.2. The maximum Gasteiger partial charge on any atom is 0.235 e. The first kappa shape index (κ1) is 19.4. The van der Waals surface area contributed by atoms with Crippen LogP contribution in [0.2, 0.25) is 0 Å². The summed E-state index contributed by atoms with van der Waals surface area (Å²) < 4.78 is 25.8. The number of sulfonamides is 1. The smallest absolute Gasteiger partial charge is 0.235 e. The zero-order valence-electron chi connectivity index (χ0n) is 15.6. The van der Waals surface area contributed by atoms with Crippen molar-refractivity contribution in [1.29, 1.82) is 0 Å². The molecule has 1 aliphatic rings. The molecule has 0 aliphatic carbocycles. The lowest BCUT2D eigenvalue weighted by molar-refractivity contribution is -0.116. The van der Waals surface area contributed by atoms with Gasteiger partial charge in [-0.05, 0) is 68.0 Å². The maximum absolute atomic E-state index is 12.2. The molecule has 3 rings (SSSR count). The van der Waals surface area contributed by atoms with E-state index in [1.54, 1.807) is 24.3 Å². The molecule has 1 fully saturated rings.